The molecule has 1 aromatic heterocycles. The topological polar surface area (TPSA) is 4.93 Å². The monoisotopic (exact) mass is 645 g/mol. The van der Waals surface area contributed by atoms with Crippen molar-refractivity contribution in [3.63, 3.8) is 0 Å². The van der Waals surface area contributed by atoms with Crippen molar-refractivity contribution in [3.8, 4) is 27.9 Å². The van der Waals surface area contributed by atoms with E-state index in [1.54, 1.807) is 0 Å². The lowest BCUT2D eigenvalue weighted by Crippen LogP contribution is -1.95. The lowest BCUT2D eigenvalue weighted by Gasteiger charge is -2.20. The quantitative estimate of drug-likeness (QED) is 0.133. The Bertz CT molecular complexity index is 3110. The van der Waals surface area contributed by atoms with E-state index in [-0.39, 0.29) is 0 Å². The molecule has 0 amide bonds. The summed E-state index contributed by atoms with van der Waals surface area (Å²) in [5.41, 5.74) is 8.73. The summed E-state index contributed by atoms with van der Waals surface area (Å²) < 4.78 is 2.47. The molecule has 11 rings (SSSR count). The highest BCUT2D eigenvalue weighted by molar-refractivity contribution is 6.38. The van der Waals surface area contributed by atoms with Gasteiger partial charge in [-0.1, -0.05) is 164 Å². The molecule has 0 fully saturated rings. The molecule has 0 aliphatic carbocycles. The van der Waals surface area contributed by atoms with Crippen LogP contribution < -0.4 is 0 Å². The first-order chi connectivity index (χ1) is 25.4. The van der Waals surface area contributed by atoms with Gasteiger partial charge >= 0.3 is 0 Å². The van der Waals surface area contributed by atoms with Crippen LogP contribution in [-0.4, -0.2) is 4.57 Å². The number of fused-ring (bicyclic) bond motifs is 12. The van der Waals surface area contributed by atoms with Gasteiger partial charge in [-0.25, -0.2) is 0 Å². The van der Waals surface area contributed by atoms with Crippen molar-refractivity contribution >= 4 is 75.7 Å². The Balaban J connectivity index is 1.38. The van der Waals surface area contributed by atoms with Crippen LogP contribution in [0.1, 0.15) is 0 Å². The van der Waals surface area contributed by atoms with Crippen LogP contribution >= 0.6 is 0 Å². The summed E-state index contributed by atoms with van der Waals surface area (Å²) in [5.74, 6) is 0. The minimum absolute atomic E-state index is 1.17. The highest BCUT2D eigenvalue weighted by Gasteiger charge is 2.23. The molecule has 0 saturated heterocycles. The molecule has 0 radical (unpaired) electrons. The van der Waals surface area contributed by atoms with E-state index < -0.39 is 0 Å². The summed E-state index contributed by atoms with van der Waals surface area (Å²) in [6, 6.07) is 69.2. The van der Waals surface area contributed by atoms with Gasteiger partial charge in [0.15, 0.2) is 0 Å². The van der Waals surface area contributed by atoms with Crippen molar-refractivity contribution in [3.05, 3.63) is 188 Å². The highest BCUT2D eigenvalue weighted by atomic mass is 15.0. The van der Waals surface area contributed by atoms with Gasteiger partial charge in [0, 0.05) is 27.2 Å². The third-order valence-electron chi connectivity index (χ3n) is 10.9. The second-order valence-electron chi connectivity index (χ2n) is 13.6. The van der Waals surface area contributed by atoms with Crippen LogP contribution in [0, 0.1) is 0 Å². The maximum atomic E-state index is 2.50. The molecule has 0 unspecified atom stereocenters. The van der Waals surface area contributed by atoms with Crippen LogP contribution in [-0.2, 0) is 0 Å². The molecule has 0 bridgehead atoms. The molecule has 0 spiro atoms. The average Bonchev–Trinajstić information content (AvgIpc) is 3.55. The standard InChI is InChI=1S/C50H31N/c1-3-17-32(18-4-1)46-37-24-10-12-26-39(37)47(40-27-13-11-25-38(40)46)43-31-44-35-22-8-14-28-41(35)50-49(48(44)36-23-9-7-21-34(36)43)42-29-15-16-30-45(42)51(50)33-19-5-2-6-20-33/h1-31H. The van der Waals surface area contributed by atoms with Gasteiger partial charge in [0.05, 0.1) is 11.0 Å². The first-order valence-corrected chi connectivity index (χ1v) is 17.7. The van der Waals surface area contributed by atoms with Crippen molar-refractivity contribution in [2.45, 2.75) is 0 Å². The van der Waals surface area contributed by atoms with Crippen LogP contribution in [0.25, 0.3) is 104 Å². The average molecular weight is 646 g/mol. The summed E-state index contributed by atoms with van der Waals surface area (Å²) in [4.78, 5) is 0. The fourth-order valence-electron chi connectivity index (χ4n) is 8.92. The van der Waals surface area contributed by atoms with E-state index in [0.29, 0.717) is 0 Å². The Labute approximate surface area is 295 Å². The molecule has 0 N–H and O–H groups in total. The van der Waals surface area contributed by atoms with Crippen LogP contribution in [0.3, 0.4) is 0 Å². The molecule has 51 heavy (non-hydrogen) atoms. The SMILES string of the molecule is c1ccc(-c2c3ccccc3c(-c3cc4c5ccccc5c5c(c6ccccc6n5-c5ccccc5)c4c4ccccc34)c3ccccc23)cc1. The van der Waals surface area contributed by atoms with E-state index in [4.69, 9.17) is 0 Å². The van der Waals surface area contributed by atoms with E-state index in [1.165, 1.54) is 104 Å². The fourth-order valence-corrected chi connectivity index (χ4v) is 8.92. The van der Waals surface area contributed by atoms with E-state index in [1.807, 2.05) is 0 Å². The molecule has 0 atom stereocenters. The highest BCUT2D eigenvalue weighted by Crippen LogP contribution is 2.50. The predicted octanol–water partition coefficient (Wildman–Crippen LogP) is 13.9. The van der Waals surface area contributed by atoms with Crippen LogP contribution in [0.4, 0.5) is 0 Å². The number of benzene rings is 10. The van der Waals surface area contributed by atoms with E-state index in [2.05, 4.69) is 193 Å². The Hall–Kier alpha value is -6.70. The number of aromatic nitrogens is 1. The molecule has 1 heteroatoms. The summed E-state index contributed by atoms with van der Waals surface area (Å²) in [6.45, 7) is 0. The predicted molar refractivity (Wildman–Crippen MR) is 219 cm³/mol. The van der Waals surface area contributed by atoms with Gasteiger partial charge in [0.25, 0.3) is 0 Å². The summed E-state index contributed by atoms with van der Waals surface area (Å²) >= 11 is 0. The zero-order chi connectivity index (χ0) is 33.5. The van der Waals surface area contributed by atoms with Gasteiger partial charge in [0.1, 0.15) is 0 Å². The molecule has 0 aliphatic rings. The van der Waals surface area contributed by atoms with Gasteiger partial charge in [-0.2, -0.15) is 0 Å². The molecular weight excluding hydrogens is 615 g/mol. The Kier molecular flexibility index (Phi) is 6.02. The molecular formula is C50H31N. The van der Waals surface area contributed by atoms with Crippen LogP contribution in [0.15, 0.2) is 188 Å². The van der Waals surface area contributed by atoms with Gasteiger partial charge in [-0.15, -0.1) is 0 Å². The van der Waals surface area contributed by atoms with E-state index in [0.717, 1.165) is 0 Å². The van der Waals surface area contributed by atoms with Crippen molar-refractivity contribution in [1.82, 2.24) is 4.57 Å². The summed E-state index contributed by atoms with van der Waals surface area (Å²) in [5, 5.41) is 15.3. The number of hydrogen-bond acceptors (Lipinski definition) is 0. The largest absolute Gasteiger partial charge is 0.309 e. The van der Waals surface area contributed by atoms with Gasteiger partial charge in [0.2, 0.25) is 0 Å². The molecule has 0 saturated carbocycles. The third kappa shape index (κ3) is 3.98. The molecule has 236 valence electrons. The van der Waals surface area contributed by atoms with E-state index in [9.17, 15) is 0 Å². The first-order valence-electron chi connectivity index (χ1n) is 17.7. The van der Waals surface area contributed by atoms with Crippen molar-refractivity contribution in [1.29, 1.82) is 0 Å². The second-order valence-corrected chi connectivity index (χ2v) is 13.6. The molecule has 10 aromatic carbocycles. The lowest BCUT2D eigenvalue weighted by molar-refractivity contribution is 1.19. The summed E-state index contributed by atoms with van der Waals surface area (Å²) in [7, 11) is 0. The van der Waals surface area contributed by atoms with Crippen molar-refractivity contribution in [2.24, 2.45) is 0 Å². The van der Waals surface area contributed by atoms with Crippen LogP contribution in [0.5, 0.6) is 0 Å². The molecule has 0 aliphatic heterocycles. The maximum Gasteiger partial charge on any atom is 0.0626 e. The third-order valence-corrected chi connectivity index (χ3v) is 10.9. The Morgan fingerprint density at radius 1 is 0.294 bits per heavy atom. The first kappa shape index (κ1) is 28.2. The van der Waals surface area contributed by atoms with Gasteiger partial charge in [-0.3, -0.25) is 0 Å². The fraction of sp³-hybridized carbons (Fsp3) is 0. The second kappa shape index (κ2) is 10.9. The number of nitrogens with zero attached hydrogens (tertiary/aromatic N) is 1. The zero-order valence-corrected chi connectivity index (χ0v) is 27.8. The van der Waals surface area contributed by atoms with Gasteiger partial charge in [-0.05, 0) is 89.6 Å². The van der Waals surface area contributed by atoms with Crippen LogP contribution in [0.2, 0.25) is 0 Å². The number of hydrogen-bond donors (Lipinski definition) is 0. The maximum absolute atomic E-state index is 2.50. The molecule has 11 aromatic rings. The molecule has 1 heterocycles. The minimum atomic E-state index is 1.17. The summed E-state index contributed by atoms with van der Waals surface area (Å²) in [6.07, 6.45) is 0. The minimum Gasteiger partial charge on any atom is -0.309 e. The van der Waals surface area contributed by atoms with Crippen molar-refractivity contribution < 1.29 is 0 Å². The smallest absolute Gasteiger partial charge is 0.0626 e. The number of para-hydroxylation sites is 2. The van der Waals surface area contributed by atoms with Crippen molar-refractivity contribution in [2.75, 3.05) is 0 Å². The Morgan fingerprint density at radius 3 is 1.41 bits per heavy atom. The zero-order valence-electron chi connectivity index (χ0n) is 27.8. The van der Waals surface area contributed by atoms with Gasteiger partial charge < -0.3 is 4.57 Å². The number of rotatable bonds is 3. The van der Waals surface area contributed by atoms with E-state index >= 15 is 0 Å². The lowest BCUT2D eigenvalue weighted by atomic mass is 9.83. The molecule has 1 nitrogen and oxygen atoms in total. The normalized spacial score (nSPS) is 11.9. The Morgan fingerprint density at radius 2 is 0.765 bits per heavy atom.